The minimum absolute atomic E-state index is 0.237. The van der Waals surface area contributed by atoms with Crippen LogP contribution < -0.4 is 5.46 Å². The molecule has 0 atom stereocenters. The molecular weight excluding hydrogens is 317 g/mol. The van der Waals surface area contributed by atoms with Gasteiger partial charge in [0.2, 0.25) is 0 Å². The number of rotatable bonds is 1. The van der Waals surface area contributed by atoms with Gasteiger partial charge in [-0.15, -0.1) is 11.3 Å². The molecule has 0 unspecified atom stereocenters. The van der Waals surface area contributed by atoms with Gasteiger partial charge in [-0.25, -0.2) is 4.39 Å². The zero-order chi connectivity index (χ0) is 10.3. The molecule has 72 valence electrons. The Kier molecular flexibility index (Phi) is 2.78. The third kappa shape index (κ3) is 1.56. The quantitative estimate of drug-likeness (QED) is 0.614. The third-order valence-electron chi connectivity index (χ3n) is 1.94. The Labute approximate surface area is 97.7 Å². The maximum Gasteiger partial charge on any atom is 0.490 e. The lowest BCUT2D eigenvalue weighted by atomic mass is 9.80. The molecule has 1 aromatic carbocycles. The molecule has 2 rings (SSSR count). The van der Waals surface area contributed by atoms with E-state index in [-0.39, 0.29) is 11.3 Å². The van der Waals surface area contributed by atoms with Crippen LogP contribution in [-0.4, -0.2) is 17.2 Å². The number of thiophene rings is 1. The predicted octanol–water partition coefficient (Wildman–Crippen LogP) is 1.32. The average molecular weight is 322 g/mol. The molecule has 0 aliphatic rings. The fourth-order valence-electron chi connectivity index (χ4n) is 1.28. The second-order valence-electron chi connectivity index (χ2n) is 2.80. The first-order valence-corrected chi connectivity index (χ1v) is 5.78. The summed E-state index contributed by atoms with van der Waals surface area (Å²) in [6.45, 7) is 0. The SMILES string of the molecule is OB(O)c1csc2ccc(I)c(F)c12. The second kappa shape index (κ2) is 3.76. The van der Waals surface area contributed by atoms with E-state index in [0.29, 0.717) is 8.96 Å². The molecule has 0 spiro atoms. The smallest absolute Gasteiger partial charge is 0.423 e. The molecule has 1 aromatic heterocycles. The molecule has 0 saturated heterocycles. The van der Waals surface area contributed by atoms with E-state index in [1.165, 1.54) is 11.3 Å². The van der Waals surface area contributed by atoms with Crippen molar-refractivity contribution in [3.05, 3.63) is 26.9 Å². The number of hydrogen-bond acceptors (Lipinski definition) is 3. The predicted molar refractivity (Wildman–Crippen MR) is 64.3 cm³/mol. The lowest BCUT2D eigenvalue weighted by Gasteiger charge is -2.00. The van der Waals surface area contributed by atoms with Gasteiger partial charge in [0.05, 0.1) is 0 Å². The van der Waals surface area contributed by atoms with Gasteiger partial charge in [0.15, 0.2) is 0 Å². The summed E-state index contributed by atoms with van der Waals surface area (Å²) in [6.07, 6.45) is 0. The second-order valence-corrected chi connectivity index (χ2v) is 4.87. The van der Waals surface area contributed by atoms with Crippen LogP contribution in [0.5, 0.6) is 0 Å². The lowest BCUT2D eigenvalue weighted by molar-refractivity contribution is 0.426. The first kappa shape index (κ1) is 10.3. The molecular formula is C8H5BFIO2S. The van der Waals surface area contributed by atoms with Crippen LogP contribution in [0, 0.1) is 9.39 Å². The molecule has 0 saturated carbocycles. The molecule has 0 amide bonds. The van der Waals surface area contributed by atoms with Crippen LogP contribution >= 0.6 is 33.9 Å². The van der Waals surface area contributed by atoms with Crippen molar-refractivity contribution in [2.45, 2.75) is 0 Å². The Balaban J connectivity index is 2.82. The molecule has 14 heavy (non-hydrogen) atoms. The van der Waals surface area contributed by atoms with Crippen molar-refractivity contribution in [1.82, 2.24) is 0 Å². The summed E-state index contributed by atoms with van der Waals surface area (Å²) in [5, 5.41) is 19.9. The highest BCUT2D eigenvalue weighted by Crippen LogP contribution is 2.25. The fourth-order valence-corrected chi connectivity index (χ4v) is 2.69. The molecule has 2 nitrogen and oxygen atoms in total. The Morgan fingerprint density at radius 3 is 2.71 bits per heavy atom. The summed E-state index contributed by atoms with van der Waals surface area (Å²) < 4.78 is 14.8. The van der Waals surface area contributed by atoms with Gasteiger partial charge in [-0.1, -0.05) is 0 Å². The van der Waals surface area contributed by atoms with Crippen LogP contribution in [0.3, 0.4) is 0 Å². The molecule has 2 N–H and O–H groups in total. The minimum Gasteiger partial charge on any atom is -0.423 e. The van der Waals surface area contributed by atoms with Crippen LogP contribution in [0.1, 0.15) is 0 Å². The lowest BCUT2D eigenvalue weighted by Crippen LogP contribution is -2.29. The monoisotopic (exact) mass is 322 g/mol. The van der Waals surface area contributed by atoms with E-state index in [9.17, 15) is 4.39 Å². The van der Waals surface area contributed by atoms with Gasteiger partial charge in [-0.05, 0) is 40.1 Å². The zero-order valence-corrected chi connectivity index (χ0v) is 9.84. The highest BCUT2D eigenvalue weighted by Gasteiger charge is 2.20. The Bertz CT molecular complexity index is 485. The zero-order valence-electron chi connectivity index (χ0n) is 6.87. The molecule has 0 aliphatic carbocycles. The van der Waals surface area contributed by atoms with Crippen molar-refractivity contribution in [3.63, 3.8) is 0 Å². The van der Waals surface area contributed by atoms with Crippen LogP contribution in [0.2, 0.25) is 0 Å². The highest BCUT2D eigenvalue weighted by molar-refractivity contribution is 14.1. The molecule has 1 heterocycles. The van der Waals surface area contributed by atoms with Gasteiger partial charge in [0.25, 0.3) is 0 Å². The maximum atomic E-state index is 13.6. The van der Waals surface area contributed by atoms with E-state index >= 15 is 0 Å². The van der Waals surface area contributed by atoms with Crippen LogP contribution in [0.4, 0.5) is 4.39 Å². The maximum absolute atomic E-state index is 13.6. The van der Waals surface area contributed by atoms with Gasteiger partial charge < -0.3 is 10.0 Å². The average Bonchev–Trinajstić information content (AvgIpc) is 2.55. The van der Waals surface area contributed by atoms with Crippen molar-refractivity contribution in [2.24, 2.45) is 0 Å². The molecule has 2 aromatic rings. The number of fused-ring (bicyclic) bond motifs is 1. The van der Waals surface area contributed by atoms with E-state index in [1.807, 2.05) is 22.6 Å². The summed E-state index contributed by atoms with van der Waals surface area (Å²) in [5.41, 5.74) is 0.237. The number of hydrogen-bond donors (Lipinski definition) is 2. The van der Waals surface area contributed by atoms with Crippen molar-refractivity contribution in [2.75, 3.05) is 0 Å². The molecule has 0 aliphatic heterocycles. The van der Waals surface area contributed by atoms with Crippen molar-refractivity contribution >= 4 is 56.6 Å². The summed E-state index contributed by atoms with van der Waals surface area (Å²) in [6, 6.07) is 3.44. The summed E-state index contributed by atoms with van der Waals surface area (Å²) in [5.74, 6) is -0.382. The molecule has 0 radical (unpaired) electrons. The van der Waals surface area contributed by atoms with Crippen LogP contribution in [-0.2, 0) is 0 Å². The largest absolute Gasteiger partial charge is 0.490 e. The normalized spacial score (nSPS) is 10.9. The van der Waals surface area contributed by atoms with Crippen molar-refractivity contribution in [1.29, 1.82) is 0 Å². The Morgan fingerprint density at radius 1 is 1.36 bits per heavy atom. The summed E-state index contributed by atoms with van der Waals surface area (Å²) in [7, 11) is -1.61. The van der Waals surface area contributed by atoms with Crippen LogP contribution in [0.25, 0.3) is 10.1 Å². The van der Waals surface area contributed by atoms with Crippen molar-refractivity contribution in [3.8, 4) is 0 Å². The summed E-state index contributed by atoms with van der Waals surface area (Å²) in [4.78, 5) is 0. The van der Waals surface area contributed by atoms with Gasteiger partial charge in [0, 0.05) is 19.1 Å². The third-order valence-corrected chi connectivity index (χ3v) is 3.74. The molecule has 0 bridgehead atoms. The first-order chi connectivity index (χ1) is 6.61. The Hall–Kier alpha value is -0.175. The topological polar surface area (TPSA) is 40.5 Å². The minimum atomic E-state index is -1.61. The highest BCUT2D eigenvalue weighted by atomic mass is 127. The van der Waals surface area contributed by atoms with Crippen molar-refractivity contribution < 1.29 is 14.4 Å². The van der Waals surface area contributed by atoms with E-state index in [4.69, 9.17) is 10.0 Å². The van der Waals surface area contributed by atoms with Gasteiger partial charge in [0.1, 0.15) is 5.82 Å². The fraction of sp³-hybridized carbons (Fsp3) is 0. The number of benzene rings is 1. The van der Waals surface area contributed by atoms with Gasteiger partial charge in [-0.2, -0.15) is 0 Å². The van der Waals surface area contributed by atoms with Gasteiger partial charge in [-0.3, -0.25) is 0 Å². The van der Waals surface area contributed by atoms with E-state index in [1.54, 1.807) is 17.5 Å². The number of halogens is 2. The van der Waals surface area contributed by atoms with Gasteiger partial charge >= 0.3 is 7.12 Å². The standard InChI is InChI=1S/C8H5BFIO2S/c10-8-5(11)1-2-6-7(8)4(3-14-6)9(12)13/h1-3,12-13H. The first-order valence-electron chi connectivity index (χ1n) is 3.82. The molecule has 0 fully saturated rings. The van der Waals surface area contributed by atoms with Crippen LogP contribution in [0.15, 0.2) is 17.5 Å². The van der Waals surface area contributed by atoms with E-state index in [0.717, 1.165) is 4.70 Å². The Morgan fingerprint density at radius 2 is 2.07 bits per heavy atom. The molecule has 6 heteroatoms. The van der Waals surface area contributed by atoms with E-state index in [2.05, 4.69) is 0 Å². The van der Waals surface area contributed by atoms with E-state index < -0.39 is 7.12 Å². The summed E-state index contributed by atoms with van der Waals surface area (Å²) >= 11 is 3.18.